The van der Waals surface area contributed by atoms with Crippen molar-refractivity contribution in [1.29, 1.82) is 0 Å². The number of nitrogens with one attached hydrogen (secondary N) is 1. The zero-order valence-electron chi connectivity index (χ0n) is 14.8. The molecule has 1 saturated heterocycles. The van der Waals surface area contributed by atoms with E-state index in [0.29, 0.717) is 5.75 Å². The van der Waals surface area contributed by atoms with E-state index in [1.165, 1.54) is 5.56 Å². The van der Waals surface area contributed by atoms with Gasteiger partial charge in [0.2, 0.25) is 11.8 Å². The second-order valence-electron chi connectivity index (χ2n) is 7.01. The highest BCUT2D eigenvalue weighted by molar-refractivity contribution is 8.00. The normalized spacial score (nSPS) is 20.1. The second-order valence-corrected chi connectivity index (χ2v) is 8.07. The van der Waals surface area contributed by atoms with Crippen LogP contribution in [0, 0.1) is 12.8 Å². The Bertz CT molecular complexity index is 830. The molecular formula is C21H22N2O2S. The van der Waals surface area contributed by atoms with E-state index in [1.807, 2.05) is 60.4 Å². The number of anilines is 2. The van der Waals surface area contributed by atoms with Gasteiger partial charge in [-0.05, 0) is 49.6 Å². The quantitative estimate of drug-likeness (QED) is 0.866. The lowest BCUT2D eigenvalue weighted by molar-refractivity contribution is -0.122. The smallest absolute Gasteiger partial charge is 0.238 e. The highest BCUT2D eigenvalue weighted by Crippen LogP contribution is 2.42. The van der Waals surface area contributed by atoms with Crippen molar-refractivity contribution in [1.82, 2.24) is 0 Å². The van der Waals surface area contributed by atoms with Gasteiger partial charge in [-0.2, -0.15) is 0 Å². The number of amides is 2. The van der Waals surface area contributed by atoms with Crippen LogP contribution in [0.1, 0.15) is 35.8 Å². The molecule has 4 rings (SSSR count). The van der Waals surface area contributed by atoms with Gasteiger partial charge >= 0.3 is 0 Å². The SMILES string of the molecule is Cc1ccc(N2C(=O)CS[C@H]2c2cccc(NC(=O)C3CCC3)c2)cc1. The number of nitrogens with zero attached hydrogens (tertiary/aromatic N) is 1. The van der Waals surface area contributed by atoms with Gasteiger partial charge in [-0.25, -0.2) is 0 Å². The van der Waals surface area contributed by atoms with Gasteiger partial charge in [-0.1, -0.05) is 36.2 Å². The number of carbonyl (C=O) groups is 2. The fraction of sp³-hybridized carbons (Fsp3) is 0.333. The molecule has 1 heterocycles. The van der Waals surface area contributed by atoms with Crippen LogP contribution in [-0.2, 0) is 9.59 Å². The molecule has 1 atom stereocenters. The Morgan fingerprint density at radius 3 is 2.62 bits per heavy atom. The van der Waals surface area contributed by atoms with Crippen molar-refractivity contribution in [2.45, 2.75) is 31.6 Å². The first kappa shape index (κ1) is 17.2. The summed E-state index contributed by atoms with van der Waals surface area (Å²) in [6, 6.07) is 15.9. The lowest BCUT2D eigenvalue weighted by Crippen LogP contribution is -2.29. The molecule has 5 heteroatoms. The maximum atomic E-state index is 12.5. The molecule has 1 N–H and O–H groups in total. The Kier molecular flexibility index (Phi) is 4.72. The highest BCUT2D eigenvalue weighted by Gasteiger charge is 2.34. The number of carbonyl (C=O) groups excluding carboxylic acids is 2. The Morgan fingerprint density at radius 2 is 1.92 bits per heavy atom. The number of hydrogen-bond donors (Lipinski definition) is 1. The van der Waals surface area contributed by atoms with Crippen molar-refractivity contribution in [3.63, 3.8) is 0 Å². The first-order valence-electron chi connectivity index (χ1n) is 9.03. The van der Waals surface area contributed by atoms with E-state index in [9.17, 15) is 9.59 Å². The third-order valence-corrected chi connectivity index (χ3v) is 6.31. The third kappa shape index (κ3) is 3.36. The molecule has 0 spiro atoms. The predicted octanol–water partition coefficient (Wildman–Crippen LogP) is 4.51. The van der Waals surface area contributed by atoms with Crippen molar-refractivity contribution in [3.05, 3.63) is 59.7 Å². The predicted molar refractivity (Wildman–Crippen MR) is 106 cm³/mol. The second kappa shape index (κ2) is 7.16. The molecule has 26 heavy (non-hydrogen) atoms. The summed E-state index contributed by atoms with van der Waals surface area (Å²) in [5.74, 6) is 0.855. The van der Waals surface area contributed by atoms with Crippen molar-refractivity contribution in [3.8, 4) is 0 Å². The minimum atomic E-state index is -0.0641. The average Bonchev–Trinajstić information content (AvgIpc) is 2.96. The van der Waals surface area contributed by atoms with Gasteiger partial charge in [0.05, 0.1) is 5.75 Å². The van der Waals surface area contributed by atoms with E-state index < -0.39 is 0 Å². The molecule has 0 radical (unpaired) electrons. The molecule has 0 bridgehead atoms. The van der Waals surface area contributed by atoms with Gasteiger partial charge in [0.1, 0.15) is 5.37 Å². The summed E-state index contributed by atoms with van der Waals surface area (Å²) < 4.78 is 0. The van der Waals surface area contributed by atoms with Gasteiger partial charge in [0.25, 0.3) is 0 Å². The number of hydrogen-bond acceptors (Lipinski definition) is 3. The molecule has 2 aromatic rings. The summed E-state index contributed by atoms with van der Waals surface area (Å²) in [4.78, 5) is 26.6. The van der Waals surface area contributed by atoms with Crippen LogP contribution in [-0.4, -0.2) is 17.6 Å². The summed E-state index contributed by atoms with van der Waals surface area (Å²) >= 11 is 1.62. The molecule has 1 aliphatic carbocycles. The van der Waals surface area contributed by atoms with E-state index >= 15 is 0 Å². The van der Waals surface area contributed by atoms with Crippen LogP contribution in [0.25, 0.3) is 0 Å². The lowest BCUT2D eigenvalue weighted by atomic mass is 9.85. The maximum absolute atomic E-state index is 12.5. The van der Waals surface area contributed by atoms with Crippen LogP contribution in [0.3, 0.4) is 0 Å². The van der Waals surface area contributed by atoms with Gasteiger partial charge in [-0.3, -0.25) is 14.5 Å². The van der Waals surface area contributed by atoms with Gasteiger partial charge < -0.3 is 5.32 Å². The molecule has 1 aliphatic heterocycles. The topological polar surface area (TPSA) is 49.4 Å². The maximum Gasteiger partial charge on any atom is 0.238 e. The first-order valence-corrected chi connectivity index (χ1v) is 10.1. The molecule has 2 aromatic carbocycles. The van der Waals surface area contributed by atoms with Gasteiger partial charge in [0.15, 0.2) is 0 Å². The Hall–Kier alpha value is -2.27. The minimum Gasteiger partial charge on any atom is -0.326 e. The van der Waals surface area contributed by atoms with E-state index in [-0.39, 0.29) is 23.1 Å². The Labute approximate surface area is 158 Å². The number of thioether (sulfide) groups is 1. The molecule has 2 fully saturated rings. The van der Waals surface area contributed by atoms with E-state index in [4.69, 9.17) is 0 Å². The Balaban J connectivity index is 1.57. The average molecular weight is 366 g/mol. The molecule has 4 nitrogen and oxygen atoms in total. The largest absolute Gasteiger partial charge is 0.326 e. The zero-order valence-corrected chi connectivity index (χ0v) is 15.6. The molecule has 2 aliphatic rings. The van der Waals surface area contributed by atoms with Crippen LogP contribution in [0.2, 0.25) is 0 Å². The van der Waals surface area contributed by atoms with Crippen LogP contribution in [0.4, 0.5) is 11.4 Å². The van der Waals surface area contributed by atoms with Crippen LogP contribution in [0.15, 0.2) is 48.5 Å². The Morgan fingerprint density at radius 1 is 1.15 bits per heavy atom. The number of benzene rings is 2. The van der Waals surface area contributed by atoms with Crippen molar-refractivity contribution < 1.29 is 9.59 Å². The van der Waals surface area contributed by atoms with Crippen LogP contribution in [0.5, 0.6) is 0 Å². The number of aryl methyl sites for hydroxylation is 1. The van der Waals surface area contributed by atoms with E-state index in [0.717, 1.165) is 36.2 Å². The molecule has 1 saturated carbocycles. The molecule has 134 valence electrons. The van der Waals surface area contributed by atoms with Gasteiger partial charge in [-0.15, -0.1) is 11.8 Å². The van der Waals surface area contributed by atoms with Crippen molar-refractivity contribution in [2.24, 2.45) is 5.92 Å². The molecule has 2 amide bonds. The van der Waals surface area contributed by atoms with E-state index in [1.54, 1.807) is 11.8 Å². The van der Waals surface area contributed by atoms with Crippen molar-refractivity contribution >= 4 is 35.0 Å². The summed E-state index contributed by atoms with van der Waals surface area (Å²) in [7, 11) is 0. The van der Waals surface area contributed by atoms with E-state index in [2.05, 4.69) is 5.32 Å². The molecule has 0 aromatic heterocycles. The van der Waals surface area contributed by atoms with Crippen LogP contribution < -0.4 is 10.2 Å². The fourth-order valence-electron chi connectivity index (χ4n) is 3.34. The third-order valence-electron chi connectivity index (χ3n) is 5.10. The minimum absolute atomic E-state index is 0.0641. The monoisotopic (exact) mass is 366 g/mol. The zero-order chi connectivity index (χ0) is 18.1. The van der Waals surface area contributed by atoms with Crippen molar-refractivity contribution in [2.75, 3.05) is 16.0 Å². The standard InChI is InChI=1S/C21H22N2O2S/c1-14-8-10-18(11-9-14)23-19(24)13-26-21(23)16-6-3-7-17(12-16)22-20(25)15-4-2-5-15/h3,6-12,15,21H,2,4-5,13H2,1H3,(H,22,25)/t21-/m0/s1. The number of rotatable bonds is 4. The summed E-state index contributed by atoms with van der Waals surface area (Å²) in [6.45, 7) is 2.04. The lowest BCUT2D eigenvalue weighted by Gasteiger charge is -2.26. The fourth-order valence-corrected chi connectivity index (χ4v) is 4.51. The summed E-state index contributed by atoms with van der Waals surface area (Å²) in [6.07, 6.45) is 3.11. The summed E-state index contributed by atoms with van der Waals surface area (Å²) in [5, 5.41) is 2.97. The van der Waals surface area contributed by atoms with Gasteiger partial charge in [0, 0.05) is 17.3 Å². The molecular weight excluding hydrogens is 344 g/mol. The van der Waals surface area contributed by atoms with Crippen LogP contribution >= 0.6 is 11.8 Å². The molecule has 0 unspecified atom stereocenters. The first-order chi connectivity index (χ1) is 12.6. The summed E-state index contributed by atoms with van der Waals surface area (Å²) in [5.41, 5.74) is 3.93. The highest BCUT2D eigenvalue weighted by atomic mass is 32.2.